The van der Waals surface area contributed by atoms with E-state index in [0.717, 1.165) is 0 Å². The maximum Gasteiger partial charge on any atom is 0.257 e. The van der Waals surface area contributed by atoms with Crippen molar-refractivity contribution in [1.29, 1.82) is 0 Å². The van der Waals surface area contributed by atoms with Gasteiger partial charge in [0.1, 0.15) is 13.2 Å². The summed E-state index contributed by atoms with van der Waals surface area (Å²) in [5.74, 6) is 2.29. The molecule has 0 unspecified atom stereocenters. The second-order valence-electron chi connectivity index (χ2n) is 7.01. The molecule has 1 aromatic carbocycles. The SMILES string of the molecule is Cc1nnc([C@]23COC[C@H]2CN(C(=O)c2cccc4c2OCCO4)C3)o1. The lowest BCUT2D eigenvalue weighted by molar-refractivity contribution is 0.0728. The average molecular weight is 357 g/mol. The molecule has 1 aromatic heterocycles. The van der Waals surface area contributed by atoms with Crippen molar-refractivity contribution in [2.24, 2.45) is 5.92 Å². The third-order valence-corrected chi connectivity index (χ3v) is 5.41. The number of hydrogen-bond acceptors (Lipinski definition) is 7. The molecule has 3 aliphatic heterocycles. The van der Waals surface area contributed by atoms with E-state index in [1.54, 1.807) is 13.0 Å². The van der Waals surface area contributed by atoms with Crippen molar-refractivity contribution in [2.75, 3.05) is 39.5 Å². The molecule has 26 heavy (non-hydrogen) atoms. The van der Waals surface area contributed by atoms with Crippen LogP contribution in [0.25, 0.3) is 0 Å². The Balaban J connectivity index is 1.47. The van der Waals surface area contributed by atoms with Gasteiger partial charge < -0.3 is 23.5 Å². The number of carbonyl (C=O) groups is 1. The molecule has 8 heteroatoms. The molecular weight excluding hydrogens is 338 g/mol. The molecule has 0 N–H and O–H groups in total. The second kappa shape index (κ2) is 5.70. The van der Waals surface area contributed by atoms with Gasteiger partial charge in [-0.2, -0.15) is 0 Å². The Morgan fingerprint density at radius 1 is 1.27 bits per heavy atom. The van der Waals surface area contributed by atoms with Crippen LogP contribution in [0.3, 0.4) is 0 Å². The predicted molar refractivity (Wildman–Crippen MR) is 88.4 cm³/mol. The van der Waals surface area contributed by atoms with Crippen molar-refractivity contribution in [3.8, 4) is 11.5 Å². The van der Waals surface area contributed by atoms with Crippen LogP contribution >= 0.6 is 0 Å². The lowest BCUT2D eigenvalue weighted by atomic mass is 9.81. The molecule has 3 aliphatic rings. The number of aromatic nitrogens is 2. The number of hydrogen-bond donors (Lipinski definition) is 0. The van der Waals surface area contributed by atoms with Crippen molar-refractivity contribution < 1.29 is 23.4 Å². The van der Waals surface area contributed by atoms with E-state index in [0.29, 0.717) is 68.4 Å². The number of likely N-dealkylation sites (tertiary alicyclic amines) is 1. The number of para-hydroxylation sites is 1. The molecule has 0 saturated carbocycles. The minimum Gasteiger partial charge on any atom is -0.486 e. The third kappa shape index (κ3) is 2.21. The van der Waals surface area contributed by atoms with Crippen LogP contribution in [0, 0.1) is 12.8 Å². The average Bonchev–Trinajstić information content (AvgIpc) is 3.34. The van der Waals surface area contributed by atoms with Crippen molar-refractivity contribution in [3.05, 3.63) is 35.5 Å². The fourth-order valence-corrected chi connectivity index (χ4v) is 4.10. The normalized spacial score (nSPS) is 26.8. The summed E-state index contributed by atoms with van der Waals surface area (Å²) in [6, 6.07) is 5.42. The van der Waals surface area contributed by atoms with Crippen molar-refractivity contribution in [2.45, 2.75) is 12.3 Å². The Bertz CT molecular complexity index is 866. The fraction of sp³-hybridized carbons (Fsp3) is 0.500. The van der Waals surface area contributed by atoms with Gasteiger partial charge in [-0.25, -0.2) is 0 Å². The summed E-state index contributed by atoms with van der Waals surface area (Å²) in [5, 5.41) is 8.18. The van der Waals surface area contributed by atoms with E-state index in [-0.39, 0.29) is 11.8 Å². The summed E-state index contributed by atoms with van der Waals surface area (Å²) in [6.45, 7) is 4.84. The van der Waals surface area contributed by atoms with Gasteiger partial charge in [0, 0.05) is 25.9 Å². The molecule has 2 fully saturated rings. The van der Waals surface area contributed by atoms with Crippen LogP contribution in [0.1, 0.15) is 22.1 Å². The minimum absolute atomic E-state index is 0.0719. The number of rotatable bonds is 2. The molecule has 0 bridgehead atoms. The largest absolute Gasteiger partial charge is 0.486 e. The highest BCUT2D eigenvalue weighted by Crippen LogP contribution is 2.44. The number of aryl methyl sites for hydroxylation is 1. The van der Waals surface area contributed by atoms with E-state index in [1.807, 2.05) is 17.0 Å². The summed E-state index contributed by atoms with van der Waals surface area (Å²) < 4.78 is 22.7. The number of benzene rings is 1. The van der Waals surface area contributed by atoms with E-state index in [4.69, 9.17) is 18.6 Å². The molecule has 4 heterocycles. The maximum atomic E-state index is 13.2. The Labute approximate surface area is 150 Å². The number of fused-ring (bicyclic) bond motifs is 2. The molecule has 0 spiro atoms. The molecule has 0 radical (unpaired) electrons. The molecule has 2 aromatic rings. The van der Waals surface area contributed by atoms with Crippen LogP contribution in [0.15, 0.2) is 22.6 Å². The first-order valence-corrected chi connectivity index (χ1v) is 8.73. The standard InChI is InChI=1S/C18H19N3O5/c1-11-19-20-17(26-11)18-9-21(7-12(18)8-23-10-18)16(22)13-3-2-4-14-15(13)25-6-5-24-14/h2-4,12H,5-10H2,1H3/t12-,18-/m1/s1. The topological polar surface area (TPSA) is 86.9 Å². The fourth-order valence-electron chi connectivity index (χ4n) is 4.10. The van der Waals surface area contributed by atoms with E-state index >= 15 is 0 Å². The highest BCUT2D eigenvalue weighted by Gasteiger charge is 2.56. The third-order valence-electron chi connectivity index (χ3n) is 5.41. The molecule has 2 atom stereocenters. The van der Waals surface area contributed by atoms with E-state index < -0.39 is 5.41 Å². The lowest BCUT2D eigenvalue weighted by Gasteiger charge is -2.25. The van der Waals surface area contributed by atoms with Crippen LogP contribution < -0.4 is 9.47 Å². The van der Waals surface area contributed by atoms with Crippen molar-refractivity contribution in [1.82, 2.24) is 15.1 Å². The van der Waals surface area contributed by atoms with Crippen LogP contribution in [0.4, 0.5) is 0 Å². The van der Waals surface area contributed by atoms with Gasteiger partial charge in [0.2, 0.25) is 11.8 Å². The number of ether oxygens (including phenoxy) is 3. The van der Waals surface area contributed by atoms with Crippen LogP contribution in [-0.2, 0) is 10.2 Å². The highest BCUT2D eigenvalue weighted by molar-refractivity contribution is 5.98. The number of amides is 1. The first kappa shape index (κ1) is 15.6. The molecule has 2 saturated heterocycles. The van der Waals surface area contributed by atoms with E-state index in [9.17, 15) is 4.79 Å². The van der Waals surface area contributed by atoms with Gasteiger partial charge in [-0.15, -0.1) is 10.2 Å². The Morgan fingerprint density at radius 3 is 3.00 bits per heavy atom. The monoisotopic (exact) mass is 357 g/mol. The summed E-state index contributed by atoms with van der Waals surface area (Å²) in [5.41, 5.74) is 0.100. The predicted octanol–water partition coefficient (Wildman–Crippen LogP) is 1.19. The first-order chi connectivity index (χ1) is 12.7. The minimum atomic E-state index is -0.427. The second-order valence-corrected chi connectivity index (χ2v) is 7.01. The van der Waals surface area contributed by atoms with Crippen molar-refractivity contribution >= 4 is 5.91 Å². The smallest absolute Gasteiger partial charge is 0.257 e. The van der Waals surface area contributed by atoms with E-state index in [1.165, 1.54) is 0 Å². The summed E-state index contributed by atoms with van der Waals surface area (Å²) in [7, 11) is 0. The first-order valence-electron chi connectivity index (χ1n) is 8.73. The van der Waals surface area contributed by atoms with Crippen molar-refractivity contribution in [3.63, 3.8) is 0 Å². The number of nitrogens with zero attached hydrogens (tertiary/aromatic N) is 3. The summed E-state index contributed by atoms with van der Waals surface area (Å²) in [6.07, 6.45) is 0. The zero-order valence-electron chi connectivity index (χ0n) is 14.4. The molecule has 136 valence electrons. The van der Waals surface area contributed by atoms with Gasteiger partial charge in [0.05, 0.1) is 24.2 Å². The van der Waals surface area contributed by atoms with Crippen LogP contribution in [-0.4, -0.2) is 60.5 Å². The quantitative estimate of drug-likeness (QED) is 0.798. The van der Waals surface area contributed by atoms with Gasteiger partial charge in [0.25, 0.3) is 5.91 Å². The number of carbonyl (C=O) groups excluding carboxylic acids is 1. The van der Waals surface area contributed by atoms with Gasteiger partial charge >= 0.3 is 0 Å². The Morgan fingerprint density at radius 2 is 2.15 bits per heavy atom. The zero-order chi connectivity index (χ0) is 17.7. The Kier molecular flexibility index (Phi) is 3.43. The van der Waals surface area contributed by atoms with E-state index in [2.05, 4.69) is 10.2 Å². The van der Waals surface area contributed by atoms with Gasteiger partial charge in [-0.3, -0.25) is 4.79 Å². The zero-order valence-corrected chi connectivity index (χ0v) is 14.4. The molecular formula is C18H19N3O5. The molecule has 1 amide bonds. The van der Waals surface area contributed by atoms with Gasteiger partial charge in [-0.05, 0) is 12.1 Å². The summed E-state index contributed by atoms with van der Waals surface area (Å²) >= 11 is 0. The molecule has 0 aliphatic carbocycles. The highest BCUT2D eigenvalue weighted by atomic mass is 16.6. The lowest BCUT2D eigenvalue weighted by Crippen LogP contribution is -2.37. The summed E-state index contributed by atoms with van der Waals surface area (Å²) in [4.78, 5) is 15.0. The van der Waals surface area contributed by atoms with Gasteiger partial charge in [-0.1, -0.05) is 6.07 Å². The maximum absolute atomic E-state index is 13.2. The van der Waals surface area contributed by atoms with Gasteiger partial charge in [0.15, 0.2) is 11.5 Å². The van der Waals surface area contributed by atoms with Crippen LogP contribution in [0.2, 0.25) is 0 Å². The molecule has 8 nitrogen and oxygen atoms in total. The Hall–Kier alpha value is -2.61. The van der Waals surface area contributed by atoms with Crippen LogP contribution in [0.5, 0.6) is 11.5 Å². The molecule has 5 rings (SSSR count).